The molecule has 0 aliphatic heterocycles. The number of benzene rings is 2. The van der Waals surface area contributed by atoms with Crippen LogP contribution in [0.1, 0.15) is 25.0 Å². The molecule has 0 saturated carbocycles. The monoisotopic (exact) mass is 343 g/mol. The molecule has 0 bridgehead atoms. The van der Waals surface area contributed by atoms with Crippen LogP contribution in [0.2, 0.25) is 0 Å². The highest BCUT2D eigenvalue weighted by Gasteiger charge is 2.10. The van der Waals surface area contributed by atoms with Crippen LogP contribution in [0.4, 0.5) is 5.69 Å². The number of ether oxygens (including phenoxy) is 3. The number of hydrogen-bond donors (Lipinski definition) is 1. The van der Waals surface area contributed by atoms with Gasteiger partial charge in [0.1, 0.15) is 5.75 Å². The first-order valence-corrected chi connectivity index (χ1v) is 8.43. The third kappa shape index (κ3) is 5.14. The number of amides is 1. The summed E-state index contributed by atoms with van der Waals surface area (Å²) in [6.07, 6.45) is 0. The zero-order valence-corrected chi connectivity index (χ0v) is 15.2. The molecule has 2 rings (SSSR count). The first-order valence-electron chi connectivity index (χ1n) is 8.43. The van der Waals surface area contributed by atoms with Crippen LogP contribution >= 0.6 is 0 Å². The predicted molar refractivity (Wildman–Crippen MR) is 98.8 cm³/mol. The molecule has 0 fully saturated rings. The van der Waals surface area contributed by atoms with E-state index in [1.165, 1.54) is 0 Å². The van der Waals surface area contributed by atoms with E-state index in [0.717, 1.165) is 16.9 Å². The fourth-order valence-corrected chi connectivity index (χ4v) is 2.35. The van der Waals surface area contributed by atoms with Gasteiger partial charge in [-0.15, -0.1) is 0 Å². The van der Waals surface area contributed by atoms with Crippen LogP contribution in [-0.4, -0.2) is 25.7 Å². The number of aryl methyl sites for hydroxylation is 1. The second kappa shape index (κ2) is 8.97. The molecule has 5 nitrogen and oxygen atoms in total. The van der Waals surface area contributed by atoms with Crippen molar-refractivity contribution in [2.24, 2.45) is 0 Å². The van der Waals surface area contributed by atoms with Crippen molar-refractivity contribution in [1.29, 1.82) is 0 Å². The first kappa shape index (κ1) is 18.6. The molecular formula is C20H25NO4. The topological polar surface area (TPSA) is 56.8 Å². The summed E-state index contributed by atoms with van der Waals surface area (Å²) in [5.74, 6) is 1.76. The molecule has 0 aliphatic rings. The maximum absolute atomic E-state index is 12.2. The van der Waals surface area contributed by atoms with E-state index in [1.807, 2.05) is 45.9 Å². The van der Waals surface area contributed by atoms with Crippen LogP contribution < -0.4 is 19.5 Å². The van der Waals surface area contributed by atoms with Gasteiger partial charge in [-0.05, 0) is 57.0 Å². The minimum atomic E-state index is -0.229. The SMILES string of the molecule is CCOc1ccc(NC(=O)COc2cccc(C)c2C)cc1OCC. The molecule has 0 unspecified atom stereocenters. The van der Waals surface area contributed by atoms with E-state index in [9.17, 15) is 4.79 Å². The second-order valence-electron chi connectivity index (χ2n) is 5.56. The summed E-state index contributed by atoms with van der Waals surface area (Å²) in [4.78, 5) is 12.2. The maximum atomic E-state index is 12.2. The van der Waals surface area contributed by atoms with E-state index in [4.69, 9.17) is 14.2 Å². The van der Waals surface area contributed by atoms with E-state index < -0.39 is 0 Å². The third-order valence-electron chi connectivity index (χ3n) is 3.74. The fraction of sp³-hybridized carbons (Fsp3) is 0.350. The summed E-state index contributed by atoms with van der Waals surface area (Å²) < 4.78 is 16.7. The Morgan fingerprint density at radius 3 is 2.36 bits per heavy atom. The Morgan fingerprint density at radius 2 is 1.64 bits per heavy atom. The van der Waals surface area contributed by atoms with Gasteiger partial charge in [0.15, 0.2) is 18.1 Å². The van der Waals surface area contributed by atoms with Gasteiger partial charge >= 0.3 is 0 Å². The lowest BCUT2D eigenvalue weighted by Gasteiger charge is -2.14. The Hall–Kier alpha value is -2.69. The summed E-state index contributed by atoms with van der Waals surface area (Å²) in [5.41, 5.74) is 2.81. The normalized spacial score (nSPS) is 10.2. The van der Waals surface area contributed by atoms with Gasteiger partial charge in [0.25, 0.3) is 5.91 Å². The van der Waals surface area contributed by atoms with Gasteiger partial charge in [0, 0.05) is 11.8 Å². The van der Waals surface area contributed by atoms with E-state index >= 15 is 0 Å². The lowest BCUT2D eigenvalue weighted by molar-refractivity contribution is -0.118. The molecule has 0 saturated heterocycles. The zero-order valence-electron chi connectivity index (χ0n) is 15.2. The Balaban J connectivity index is 2.00. The largest absolute Gasteiger partial charge is 0.490 e. The molecule has 0 radical (unpaired) electrons. The molecule has 2 aromatic carbocycles. The molecule has 134 valence electrons. The summed E-state index contributed by atoms with van der Waals surface area (Å²) in [5, 5.41) is 2.81. The zero-order chi connectivity index (χ0) is 18.2. The van der Waals surface area contributed by atoms with Crippen LogP contribution in [-0.2, 0) is 4.79 Å². The van der Waals surface area contributed by atoms with Crippen LogP contribution in [0.3, 0.4) is 0 Å². The standard InChI is InChI=1S/C20H25NO4/c1-5-23-18-11-10-16(12-19(18)24-6-2)21-20(22)13-25-17-9-7-8-14(3)15(17)4/h7-12H,5-6,13H2,1-4H3,(H,21,22). The van der Waals surface area contributed by atoms with Crippen molar-refractivity contribution >= 4 is 11.6 Å². The number of carbonyl (C=O) groups excluding carboxylic acids is 1. The summed E-state index contributed by atoms with van der Waals surface area (Å²) >= 11 is 0. The van der Waals surface area contributed by atoms with E-state index in [2.05, 4.69) is 5.32 Å². The smallest absolute Gasteiger partial charge is 0.262 e. The van der Waals surface area contributed by atoms with Crippen LogP contribution in [0.5, 0.6) is 17.2 Å². The highest BCUT2D eigenvalue weighted by molar-refractivity contribution is 5.92. The van der Waals surface area contributed by atoms with Gasteiger partial charge in [-0.3, -0.25) is 4.79 Å². The summed E-state index contributed by atoms with van der Waals surface area (Å²) in [6, 6.07) is 11.1. The number of anilines is 1. The van der Waals surface area contributed by atoms with Crippen LogP contribution in [0, 0.1) is 13.8 Å². The molecule has 1 amide bonds. The maximum Gasteiger partial charge on any atom is 0.262 e. The average molecular weight is 343 g/mol. The summed E-state index contributed by atoms with van der Waals surface area (Å²) in [6.45, 7) is 8.82. The number of rotatable bonds is 8. The molecule has 1 N–H and O–H groups in total. The summed E-state index contributed by atoms with van der Waals surface area (Å²) in [7, 11) is 0. The van der Waals surface area contributed by atoms with E-state index in [0.29, 0.717) is 30.4 Å². The Labute approximate surface area is 148 Å². The van der Waals surface area contributed by atoms with Crippen molar-refractivity contribution in [3.05, 3.63) is 47.5 Å². The van der Waals surface area contributed by atoms with Crippen molar-refractivity contribution in [2.45, 2.75) is 27.7 Å². The minimum absolute atomic E-state index is 0.0541. The Bertz CT molecular complexity index is 728. The van der Waals surface area contributed by atoms with Gasteiger partial charge in [0.05, 0.1) is 13.2 Å². The number of hydrogen-bond acceptors (Lipinski definition) is 4. The van der Waals surface area contributed by atoms with Crippen molar-refractivity contribution in [2.75, 3.05) is 25.1 Å². The van der Waals surface area contributed by atoms with Crippen molar-refractivity contribution in [1.82, 2.24) is 0 Å². The Morgan fingerprint density at radius 1 is 0.920 bits per heavy atom. The van der Waals surface area contributed by atoms with Gasteiger partial charge in [-0.25, -0.2) is 0 Å². The molecule has 5 heteroatoms. The minimum Gasteiger partial charge on any atom is -0.490 e. The van der Waals surface area contributed by atoms with Crippen LogP contribution in [0.15, 0.2) is 36.4 Å². The van der Waals surface area contributed by atoms with Crippen molar-refractivity contribution in [3.8, 4) is 17.2 Å². The highest BCUT2D eigenvalue weighted by Crippen LogP contribution is 2.30. The van der Waals surface area contributed by atoms with Crippen molar-refractivity contribution in [3.63, 3.8) is 0 Å². The van der Waals surface area contributed by atoms with E-state index in [1.54, 1.807) is 18.2 Å². The van der Waals surface area contributed by atoms with Gasteiger partial charge in [-0.1, -0.05) is 12.1 Å². The lowest BCUT2D eigenvalue weighted by Crippen LogP contribution is -2.20. The number of nitrogens with one attached hydrogen (secondary N) is 1. The molecule has 0 atom stereocenters. The highest BCUT2D eigenvalue weighted by atomic mass is 16.5. The van der Waals surface area contributed by atoms with Gasteiger partial charge in [0.2, 0.25) is 0 Å². The fourth-order valence-electron chi connectivity index (χ4n) is 2.35. The average Bonchev–Trinajstić information content (AvgIpc) is 2.59. The first-order chi connectivity index (χ1) is 12.0. The third-order valence-corrected chi connectivity index (χ3v) is 3.74. The quantitative estimate of drug-likeness (QED) is 0.783. The Kier molecular flexibility index (Phi) is 6.69. The van der Waals surface area contributed by atoms with Gasteiger partial charge < -0.3 is 19.5 Å². The second-order valence-corrected chi connectivity index (χ2v) is 5.56. The van der Waals surface area contributed by atoms with E-state index in [-0.39, 0.29) is 12.5 Å². The predicted octanol–water partition coefficient (Wildman–Crippen LogP) is 4.12. The molecule has 2 aromatic rings. The van der Waals surface area contributed by atoms with Crippen molar-refractivity contribution < 1.29 is 19.0 Å². The lowest BCUT2D eigenvalue weighted by atomic mass is 10.1. The number of carbonyl (C=O) groups is 1. The molecule has 25 heavy (non-hydrogen) atoms. The molecule has 0 heterocycles. The molecular weight excluding hydrogens is 318 g/mol. The molecule has 0 aliphatic carbocycles. The molecule has 0 aromatic heterocycles. The van der Waals surface area contributed by atoms with Crippen LogP contribution in [0.25, 0.3) is 0 Å². The molecule has 0 spiro atoms. The van der Waals surface area contributed by atoms with Gasteiger partial charge in [-0.2, -0.15) is 0 Å².